The van der Waals surface area contributed by atoms with E-state index in [0.29, 0.717) is 11.5 Å². The van der Waals surface area contributed by atoms with Gasteiger partial charge in [-0.15, -0.1) is 0 Å². The van der Waals surface area contributed by atoms with Gasteiger partial charge in [-0.3, -0.25) is 9.59 Å². The van der Waals surface area contributed by atoms with Crippen LogP contribution in [0.25, 0.3) is 0 Å². The van der Waals surface area contributed by atoms with Crippen molar-refractivity contribution in [1.82, 2.24) is 0 Å². The summed E-state index contributed by atoms with van der Waals surface area (Å²) in [7, 11) is 0. The van der Waals surface area contributed by atoms with Crippen molar-refractivity contribution < 1.29 is 19.1 Å². The van der Waals surface area contributed by atoms with E-state index < -0.39 is 11.8 Å². The van der Waals surface area contributed by atoms with E-state index in [2.05, 4.69) is 0 Å². The maximum absolute atomic E-state index is 13.1. The molecule has 2 fully saturated rings. The molecular weight excluding hydrogens is 364 g/mol. The Morgan fingerprint density at radius 3 is 1.55 bits per heavy atom. The van der Waals surface area contributed by atoms with Crippen LogP contribution in [0.3, 0.4) is 0 Å². The number of esters is 2. The van der Waals surface area contributed by atoms with Gasteiger partial charge in [0.25, 0.3) is 0 Å². The van der Waals surface area contributed by atoms with Crippen LogP contribution in [0, 0.1) is 51.4 Å². The van der Waals surface area contributed by atoms with Crippen LogP contribution in [0.4, 0.5) is 0 Å². The zero-order valence-corrected chi connectivity index (χ0v) is 17.5. The quantitative estimate of drug-likeness (QED) is 0.537. The molecule has 0 spiro atoms. The molecule has 4 heteroatoms. The van der Waals surface area contributed by atoms with Crippen molar-refractivity contribution in [2.75, 3.05) is 0 Å². The average Bonchev–Trinajstić information content (AvgIpc) is 3.30. The van der Waals surface area contributed by atoms with E-state index in [4.69, 9.17) is 9.47 Å². The Bertz CT molecular complexity index is 884. The molecule has 2 aliphatic carbocycles. The van der Waals surface area contributed by atoms with Crippen molar-refractivity contribution in [2.24, 2.45) is 23.7 Å². The number of rotatable bonds is 4. The number of hydrogen-bond acceptors (Lipinski definition) is 4. The van der Waals surface area contributed by atoms with Gasteiger partial charge in [0.05, 0.1) is 11.8 Å². The van der Waals surface area contributed by atoms with Crippen molar-refractivity contribution in [3.05, 3.63) is 58.7 Å². The number of hydrogen-bond donors (Lipinski definition) is 0. The highest BCUT2D eigenvalue weighted by atomic mass is 16.5. The van der Waals surface area contributed by atoms with Crippen LogP contribution in [-0.4, -0.2) is 11.9 Å². The molecule has 2 aromatic carbocycles. The fourth-order valence-corrected chi connectivity index (χ4v) is 4.99. The van der Waals surface area contributed by atoms with Gasteiger partial charge in [-0.25, -0.2) is 0 Å². The standard InChI is InChI=1S/C25H28O4/c1-14-7-5-9-20(16(14)3)28-24(26)22-18-11-12-19(13-18)23(22)25(27)29-21-10-6-8-15(2)17(21)4/h5-10,18-19,22-23H,11-13H2,1-4H3. The first-order valence-corrected chi connectivity index (χ1v) is 10.4. The first kappa shape index (κ1) is 19.7. The summed E-state index contributed by atoms with van der Waals surface area (Å²) in [4.78, 5) is 26.3. The first-order chi connectivity index (χ1) is 13.9. The van der Waals surface area contributed by atoms with Crippen LogP contribution in [0.2, 0.25) is 0 Å². The van der Waals surface area contributed by atoms with Crippen LogP contribution >= 0.6 is 0 Å². The summed E-state index contributed by atoms with van der Waals surface area (Å²) in [5.41, 5.74) is 4.07. The number of carbonyl (C=O) groups is 2. The van der Waals surface area contributed by atoms with E-state index in [9.17, 15) is 9.59 Å². The Morgan fingerprint density at radius 1 is 0.724 bits per heavy atom. The van der Waals surface area contributed by atoms with Gasteiger partial charge in [-0.05, 0) is 93.2 Å². The molecule has 0 N–H and O–H groups in total. The molecule has 0 heterocycles. The predicted molar refractivity (Wildman–Crippen MR) is 111 cm³/mol. The minimum absolute atomic E-state index is 0.203. The lowest BCUT2D eigenvalue weighted by atomic mass is 9.79. The molecule has 0 aromatic heterocycles. The summed E-state index contributed by atoms with van der Waals surface area (Å²) in [6.07, 6.45) is 2.86. The summed E-state index contributed by atoms with van der Waals surface area (Å²) in [6, 6.07) is 11.4. The number of ether oxygens (including phenoxy) is 2. The second kappa shape index (κ2) is 7.66. The van der Waals surface area contributed by atoms with Crippen molar-refractivity contribution in [3.8, 4) is 11.5 Å². The maximum atomic E-state index is 13.1. The zero-order valence-electron chi connectivity index (χ0n) is 17.5. The van der Waals surface area contributed by atoms with Gasteiger partial charge in [-0.2, -0.15) is 0 Å². The number of benzene rings is 2. The molecule has 4 rings (SSSR count). The molecular formula is C25H28O4. The molecule has 0 saturated heterocycles. The first-order valence-electron chi connectivity index (χ1n) is 10.4. The van der Waals surface area contributed by atoms with Gasteiger partial charge in [0.1, 0.15) is 11.5 Å². The number of carbonyl (C=O) groups excluding carboxylic acids is 2. The van der Waals surface area contributed by atoms with E-state index in [1.165, 1.54) is 0 Å². The maximum Gasteiger partial charge on any atom is 0.315 e. The van der Waals surface area contributed by atoms with Gasteiger partial charge in [-0.1, -0.05) is 24.3 Å². The lowest BCUT2D eigenvalue weighted by molar-refractivity contribution is -0.153. The molecule has 2 saturated carbocycles. The molecule has 4 atom stereocenters. The topological polar surface area (TPSA) is 52.6 Å². The third-order valence-corrected chi connectivity index (χ3v) is 6.99. The Hall–Kier alpha value is -2.62. The van der Waals surface area contributed by atoms with E-state index in [1.807, 2.05) is 64.1 Å². The van der Waals surface area contributed by atoms with Gasteiger partial charge in [0, 0.05) is 0 Å². The minimum Gasteiger partial charge on any atom is -0.426 e. The molecule has 2 bridgehead atoms. The summed E-state index contributed by atoms with van der Waals surface area (Å²) in [5.74, 6) is 0.126. The van der Waals surface area contributed by atoms with Gasteiger partial charge >= 0.3 is 11.9 Å². The van der Waals surface area contributed by atoms with Crippen LogP contribution in [0.15, 0.2) is 36.4 Å². The molecule has 0 radical (unpaired) electrons. The third-order valence-electron chi connectivity index (χ3n) is 6.99. The Morgan fingerprint density at radius 2 is 1.14 bits per heavy atom. The van der Waals surface area contributed by atoms with Gasteiger partial charge in [0.15, 0.2) is 0 Å². The van der Waals surface area contributed by atoms with E-state index in [0.717, 1.165) is 41.5 Å². The molecule has 0 amide bonds. The Labute approximate surface area is 172 Å². The number of aryl methyl sites for hydroxylation is 2. The lowest BCUT2D eigenvalue weighted by Gasteiger charge is -2.28. The molecule has 4 unspecified atom stereocenters. The molecule has 2 aromatic rings. The van der Waals surface area contributed by atoms with Crippen LogP contribution < -0.4 is 9.47 Å². The highest BCUT2D eigenvalue weighted by molar-refractivity contribution is 5.86. The van der Waals surface area contributed by atoms with Gasteiger partial charge < -0.3 is 9.47 Å². The van der Waals surface area contributed by atoms with E-state index >= 15 is 0 Å². The Kier molecular flexibility index (Phi) is 5.20. The van der Waals surface area contributed by atoms with Crippen LogP contribution in [0.1, 0.15) is 41.5 Å². The highest BCUT2D eigenvalue weighted by Crippen LogP contribution is 2.53. The van der Waals surface area contributed by atoms with Crippen molar-refractivity contribution >= 4 is 11.9 Å². The molecule has 152 valence electrons. The van der Waals surface area contributed by atoms with E-state index in [1.54, 1.807) is 0 Å². The predicted octanol–water partition coefficient (Wildman–Crippen LogP) is 5.09. The fraction of sp³-hybridized carbons (Fsp3) is 0.440. The molecule has 0 aliphatic heterocycles. The highest BCUT2D eigenvalue weighted by Gasteiger charge is 2.55. The smallest absolute Gasteiger partial charge is 0.315 e. The average molecular weight is 392 g/mol. The summed E-state index contributed by atoms with van der Waals surface area (Å²) in [5, 5.41) is 0. The third kappa shape index (κ3) is 3.57. The van der Waals surface area contributed by atoms with Crippen molar-refractivity contribution in [2.45, 2.75) is 47.0 Å². The summed E-state index contributed by atoms with van der Waals surface area (Å²) >= 11 is 0. The van der Waals surface area contributed by atoms with Crippen molar-refractivity contribution in [3.63, 3.8) is 0 Å². The summed E-state index contributed by atoms with van der Waals surface area (Å²) in [6.45, 7) is 7.89. The second-order valence-electron chi connectivity index (χ2n) is 8.62. The fourth-order valence-electron chi connectivity index (χ4n) is 4.99. The minimum atomic E-state index is -0.425. The second-order valence-corrected chi connectivity index (χ2v) is 8.62. The molecule has 2 aliphatic rings. The summed E-state index contributed by atoms with van der Waals surface area (Å²) < 4.78 is 11.6. The van der Waals surface area contributed by atoms with Crippen LogP contribution in [-0.2, 0) is 9.59 Å². The van der Waals surface area contributed by atoms with Crippen LogP contribution in [0.5, 0.6) is 11.5 Å². The SMILES string of the molecule is Cc1cccc(OC(=O)C2C3CCC(C3)C2C(=O)Oc2cccc(C)c2C)c1C. The van der Waals surface area contributed by atoms with Crippen molar-refractivity contribution in [1.29, 1.82) is 0 Å². The zero-order chi connectivity index (χ0) is 20.7. The molecule has 29 heavy (non-hydrogen) atoms. The molecule has 4 nitrogen and oxygen atoms in total. The number of fused-ring (bicyclic) bond motifs is 2. The van der Waals surface area contributed by atoms with Gasteiger partial charge in [0.2, 0.25) is 0 Å². The lowest BCUT2D eigenvalue weighted by Crippen LogP contribution is -2.39. The normalized spacial score (nSPS) is 25.1. The Balaban J connectivity index is 1.56. The monoisotopic (exact) mass is 392 g/mol. The largest absolute Gasteiger partial charge is 0.426 e. The van der Waals surface area contributed by atoms with E-state index in [-0.39, 0.29) is 23.8 Å².